The van der Waals surface area contributed by atoms with Gasteiger partial charge in [0.15, 0.2) is 5.65 Å². The van der Waals surface area contributed by atoms with Crippen molar-refractivity contribution in [2.45, 2.75) is 25.2 Å². The van der Waals surface area contributed by atoms with Crippen LogP contribution in [0.3, 0.4) is 0 Å². The zero-order chi connectivity index (χ0) is 15.4. The van der Waals surface area contributed by atoms with Gasteiger partial charge in [0.1, 0.15) is 16.1 Å². The fourth-order valence-electron chi connectivity index (χ4n) is 2.91. The van der Waals surface area contributed by atoms with Crippen molar-refractivity contribution >= 4 is 27.2 Å². The van der Waals surface area contributed by atoms with Gasteiger partial charge < -0.3 is 4.40 Å². The molecule has 1 aliphatic rings. The number of aromatic nitrogens is 6. The summed E-state index contributed by atoms with van der Waals surface area (Å²) < 4.78 is 4.82. The van der Waals surface area contributed by atoms with Crippen LogP contribution in [0.1, 0.15) is 35.8 Å². The predicted molar refractivity (Wildman–Crippen MR) is 88.5 cm³/mol. The van der Waals surface area contributed by atoms with Crippen LogP contribution in [-0.4, -0.2) is 29.0 Å². The van der Waals surface area contributed by atoms with E-state index in [2.05, 4.69) is 60.0 Å². The molecule has 1 fully saturated rings. The number of halogens is 1. The molecule has 4 heterocycles. The first kappa shape index (κ1) is 13.2. The summed E-state index contributed by atoms with van der Waals surface area (Å²) >= 11 is 3.38. The third-order valence-electron chi connectivity index (χ3n) is 4.24. The van der Waals surface area contributed by atoms with Crippen molar-refractivity contribution in [2.75, 3.05) is 0 Å². The number of rotatable bonds is 3. The second kappa shape index (κ2) is 4.86. The van der Waals surface area contributed by atoms with E-state index in [9.17, 15) is 0 Å². The summed E-state index contributed by atoms with van der Waals surface area (Å²) in [6.45, 7) is 0. The van der Waals surface area contributed by atoms with E-state index in [1.54, 1.807) is 6.20 Å². The largest absolute Gasteiger partial charge is 0.307 e. The number of imidazole rings is 1. The molecule has 0 unspecified atom stereocenters. The molecule has 1 saturated carbocycles. The summed E-state index contributed by atoms with van der Waals surface area (Å²) in [5.74, 6) is 1.60. The highest BCUT2D eigenvalue weighted by atomic mass is 79.9. The van der Waals surface area contributed by atoms with Crippen LogP contribution in [0.25, 0.3) is 11.3 Å². The first-order valence-electron chi connectivity index (χ1n) is 7.59. The highest BCUT2D eigenvalue weighted by molar-refractivity contribution is 9.10. The van der Waals surface area contributed by atoms with Crippen LogP contribution >= 0.6 is 15.9 Å². The number of nitrogens with zero attached hydrogens (tertiary/aromatic N) is 6. The summed E-state index contributed by atoms with van der Waals surface area (Å²) in [6, 6.07) is 4.29. The summed E-state index contributed by atoms with van der Waals surface area (Å²) in [6.07, 6.45) is 11.1. The molecule has 7 heteroatoms. The van der Waals surface area contributed by atoms with Gasteiger partial charge >= 0.3 is 0 Å². The molecule has 0 N–H and O–H groups in total. The zero-order valence-corrected chi connectivity index (χ0v) is 13.8. The van der Waals surface area contributed by atoms with E-state index in [1.807, 2.05) is 10.6 Å². The number of fused-ring (bicyclic) bond motifs is 2. The minimum absolute atomic E-state index is 0.637. The Morgan fingerprint density at radius 3 is 2.87 bits per heavy atom. The van der Waals surface area contributed by atoms with Gasteiger partial charge in [-0.2, -0.15) is 0 Å². The first-order valence-corrected chi connectivity index (χ1v) is 8.38. The van der Waals surface area contributed by atoms with Crippen molar-refractivity contribution in [1.82, 2.24) is 29.0 Å². The second-order valence-corrected chi connectivity index (χ2v) is 6.78. The van der Waals surface area contributed by atoms with E-state index in [1.165, 1.54) is 18.4 Å². The average Bonchev–Trinajstić information content (AvgIpc) is 3.22. The molecular weight excluding hydrogens is 356 g/mol. The average molecular weight is 369 g/mol. The van der Waals surface area contributed by atoms with Crippen molar-refractivity contribution in [3.63, 3.8) is 0 Å². The van der Waals surface area contributed by atoms with E-state index in [0.29, 0.717) is 6.42 Å². The Labute approximate surface area is 140 Å². The molecule has 4 aromatic heterocycles. The first-order chi connectivity index (χ1) is 11.3. The highest BCUT2D eigenvalue weighted by Gasteiger charge is 2.23. The van der Waals surface area contributed by atoms with Gasteiger partial charge in [0.05, 0.1) is 18.3 Å². The Morgan fingerprint density at radius 1 is 1.09 bits per heavy atom. The maximum atomic E-state index is 4.69. The molecular formula is C16H13BrN6. The van der Waals surface area contributed by atoms with E-state index in [4.69, 9.17) is 4.98 Å². The maximum Gasteiger partial charge on any atom is 0.179 e. The van der Waals surface area contributed by atoms with Crippen LogP contribution in [0.2, 0.25) is 0 Å². The predicted octanol–water partition coefficient (Wildman–Crippen LogP) is 3.00. The molecule has 23 heavy (non-hydrogen) atoms. The van der Waals surface area contributed by atoms with Gasteiger partial charge in [-0.3, -0.25) is 4.40 Å². The van der Waals surface area contributed by atoms with Crippen molar-refractivity contribution in [3.8, 4) is 0 Å². The van der Waals surface area contributed by atoms with Crippen molar-refractivity contribution in [2.24, 2.45) is 0 Å². The van der Waals surface area contributed by atoms with Gasteiger partial charge in [-0.15, -0.1) is 10.2 Å². The topological polar surface area (TPSA) is 60.4 Å². The van der Waals surface area contributed by atoms with Crippen LogP contribution in [0.15, 0.2) is 41.5 Å². The lowest BCUT2D eigenvalue weighted by Crippen LogP contribution is -1.97. The molecule has 0 spiro atoms. The Morgan fingerprint density at radius 2 is 2.00 bits per heavy atom. The van der Waals surface area contributed by atoms with Crippen LogP contribution in [0.5, 0.6) is 0 Å². The SMILES string of the molecule is Brc1cn2c(Cc3cn4cc(C5CC5)ccc4n3)nnc2cn1. The minimum atomic E-state index is 0.637. The molecule has 0 radical (unpaired) electrons. The second-order valence-electron chi connectivity index (χ2n) is 5.97. The molecule has 0 aromatic carbocycles. The van der Waals surface area contributed by atoms with Gasteiger partial charge in [-0.05, 0) is 46.3 Å². The molecule has 0 bridgehead atoms. The molecule has 4 aromatic rings. The van der Waals surface area contributed by atoms with Crippen molar-refractivity contribution in [3.05, 3.63) is 58.6 Å². The number of pyridine rings is 1. The Hall–Kier alpha value is -2.28. The third kappa shape index (κ3) is 2.31. The molecule has 6 nitrogen and oxygen atoms in total. The molecule has 1 aliphatic carbocycles. The molecule has 5 rings (SSSR count). The molecule has 114 valence electrons. The summed E-state index contributed by atoms with van der Waals surface area (Å²) in [5.41, 5.74) is 4.11. The van der Waals surface area contributed by atoms with E-state index in [-0.39, 0.29) is 0 Å². The van der Waals surface area contributed by atoms with Gasteiger partial charge in [-0.1, -0.05) is 6.07 Å². The quantitative estimate of drug-likeness (QED) is 0.557. The normalized spacial score (nSPS) is 14.8. The van der Waals surface area contributed by atoms with Crippen LogP contribution in [0.4, 0.5) is 0 Å². The maximum absolute atomic E-state index is 4.69. The highest BCUT2D eigenvalue weighted by Crippen LogP contribution is 2.39. The molecule has 0 amide bonds. The lowest BCUT2D eigenvalue weighted by molar-refractivity contribution is 0.911. The Bertz CT molecular complexity index is 1030. The summed E-state index contributed by atoms with van der Waals surface area (Å²) in [4.78, 5) is 8.86. The van der Waals surface area contributed by atoms with E-state index < -0.39 is 0 Å². The van der Waals surface area contributed by atoms with Crippen molar-refractivity contribution in [1.29, 1.82) is 0 Å². The third-order valence-corrected chi connectivity index (χ3v) is 4.65. The van der Waals surface area contributed by atoms with Gasteiger partial charge in [0.25, 0.3) is 0 Å². The standard InChI is InChI=1S/C16H13BrN6/c17-13-9-23-15(20-21-16(23)6-18-13)5-12-8-22-7-11(10-1-2-10)3-4-14(22)19-12/h3-4,6-10H,1-2,5H2. The van der Waals surface area contributed by atoms with E-state index >= 15 is 0 Å². The Kier molecular flexibility index (Phi) is 2.78. The zero-order valence-electron chi connectivity index (χ0n) is 12.2. The fraction of sp³-hybridized carbons (Fsp3) is 0.250. The minimum Gasteiger partial charge on any atom is -0.307 e. The van der Waals surface area contributed by atoms with Crippen molar-refractivity contribution < 1.29 is 0 Å². The number of hydrogen-bond acceptors (Lipinski definition) is 4. The fourth-order valence-corrected chi connectivity index (χ4v) is 3.22. The van der Waals surface area contributed by atoms with Gasteiger partial charge in [0, 0.05) is 18.6 Å². The van der Waals surface area contributed by atoms with Crippen LogP contribution in [-0.2, 0) is 6.42 Å². The molecule has 0 aliphatic heterocycles. The lowest BCUT2D eigenvalue weighted by Gasteiger charge is -1.98. The van der Waals surface area contributed by atoms with Crippen LogP contribution in [0, 0.1) is 0 Å². The lowest BCUT2D eigenvalue weighted by atomic mass is 10.2. The summed E-state index contributed by atoms with van der Waals surface area (Å²) in [5, 5.41) is 8.41. The molecule has 0 atom stereocenters. The smallest absolute Gasteiger partial charge is 0.179 e. The number of hydrogen-bond donors (Lipinski definition) is 0. The van der Waals surface area contributed by atoms with Gasteiger partial charge in [-0.25, -0.2) is 9.97 Å². The van der Waals surface area contributed by atoms with E-state index in [0.717, 1.165) is 33.3 Å². The summed E-state index contributed by atoms with van der Waals surface area (Å²) in [7, 11) is 0. The molecule has 0 saturated heterocycles. The van der Waals surface area contributed by atoms with Gasteiger partial charge in [0.2, 0.25) is 0 Å². The Balaban J connectivity index is 1.53. The van der Waals surface area contributed by atoms with Crippen LogP contribution < -0.4 is 0 Å². The monoisotopic (exact) mass is 368 g/mol.